The number of carboxylic acids is 1. The first-order valence-electron chi connectivity index (χ1n) is 8.48. The van der Waals surface area contributed by atoms with Crippen LogP contribution < -0.4 is 4.57 Å². The van der Waals surface area contributed by atoms with Crippen LogP contribution in [0.5, 0.6) is 0 Å². The third kappa shape index (κ3) is 6.78. The van der Waals surface area contributed by atoms with Crippen molar-refractivity contribution in [3.8, 4) is 0 Å². The Bertz CT molecular complexity index is 413. The topological polar surface area (TPSA) is 46.1 Å². The highest BCUT2D eigenvalue weighted by Crippen LogP contribution is 2.08. The second-order valence-corrected chi connectivity index (χ2v) is 5.76. The molecule has 4 nitrogen and oxygen atoms in total. The lowest BCUT2D eigenvalue weighted by molar-refractivity contribution is -0.704. The predicted octanol–water partition coefficient (Wildman–Crippen LogP) is 3.56. The van der Waals surface area contributed by atoms with Gasteiger partial charge in [-0.3, -0.25) is 4.79 Å². The summed E-state index contributed by atoms with van der Waals surface area (Å²) in [7, 11) is 0. The summed E-state index contributed by atoms with van der Waals surface area (Å²) in [6.45, 7) is 6.33. The van der Waals surface area contributed by atoms with Gasteiger partial charge < -0.3 is 5.11 Å². The van der Waals surface area contributed by atoms with E-state index in [0.29, 0.717) is 6.42 Å². The van der Waals surface area contributed by atoms with E-state index in [-0.39, 0.29) is 6.42 Å². The highest BCUT2D eigenvalue weighted by molar-refractivity contribution is 5.66. The summed E-state index contributed by atoms with van der Waals surface area (Å²) in [5, 5.41) is 8.77. The van der Waals surface area contributed by atoms with Crippen LogP contribution in [-0.2, 0) is 24.3 Å². The van der Waals surface area contributed by atoms with Crippen LogP contribution in [0.25, 0.3) is 0 Å². The van der Waals surface area contributed by atoms with Crippen LogP contribution in [0.2, 0.25) is 0 Å². The molecule has 1 N–H and O–H groups in total. The average molecular weight is 295 g/mol. The molecule has 0 amide bonds. The third-order valence-corrected chi connectivity index (χ3v) is 3.89. The van der Waals surface area contributed by atoms with Crippen molar-refractivity contribution >= 4 is 5.97 Å². The lowest BCUT2D eigenvalue weighted by atomic mass is 10.1. The van der Waals surface area contributed by atoms with Gasteiger partial charge in [-0.25, -0.2) is 9.13 Å². The van der Waals surface area contributed by atoms with E-state index in [1.807, 2.05) is 0 Å². The maximum atomic E-state index is 10.7. The van der Waals surface area contributed by atoms with E-state index in [1.165, 1.54) is 44.3 Å². The molecule has 0 radical (unpaired) electrons. The molecule has 0 aliphatic heterocycles. The van der Waals surface area contributed by atoms with Crippen LogP contribution in [0.4, 0.5) is 0 Å². The van der Waals surface area contributed by atoms with E-state index < -0.39 is 5.97 Å². The number of rotatable bonds is 12. The normalized spacial score (nSPS) is 11.0. The maximum absolute atomic E-state index is 10.7. The van der Waals surface area contributed by atoms with Gasteiger partial charge in [-0.1, -0.05) is 39.5 Å². The number of aliphatic carboxylic acids is 1. The van der Waals surface area contributed by atoms with Crippen molar-refractivity contribution in [3.05, 3.63) is 18.2 Å². The summed E-state index contributed by atoms with van der Waals surface area (Å²) >= 11 is 0. The molecule has 1 aromatic heterocycles. The van der Waals surface area contributed by atoms with E-state index >= 15 is 0 Å². The van der Waals surface area contributed by atoms with Crippen molar-refractivity contribution in [2.45, 2.75) is 84.7 Å². The number of aryl methyl sites for hydroxylation is 2. The van der Waals surface area contributed by atoms with Gasteiger partial charge in [0.25, 0.3) is 5.82 Å². The maximum Gasteiger partial charge on any atom is 0.303 e. The van der Waals surface area contributed by atoms with Crippen LogP contribution in [-0.4, -0.2) is 15.6 Å². The van der Waals surface area contributed by atoms with Gasteiger partial charge in [0.1, 0.15) is 12.4 Å². The predicted molar refractivity (Wildman–Crippen MR) is 84.3 cm³/mol. The number of unbranched alkanes of at least 4 members (excludes halogenated alkanes) is 4. The molecular formula is C17H31N2O2+. The lowest BCUT2D eigenvalue weighted by Gasteiger charge is -2.05. The Morgan fingerprint density at radius 1 is 1.14 bits per heavy atom. The number of imidazole rings is 1. The van der Waals surface area contributed by atoms with Crippen molar-refractivity contribution in [1.82, 2.24) is 4.57 Å². The second kappa shape index (κ2) is 10.4. The Morgan fingerprint density at radius 2 is 1.90 bits per heavy atom. The van der Waals surface area contributed by atoms with Crippen molar-refractivity contribution in [1.29, 1.82) is 0 Å². The number of carbonyl (C=O) groups is 1. The molecule has 0 aromatic carbocycles. The van der Waals surface area contributed by atoms with Gasteiger partial charge in [0.05, 0.1) is 13.1 Å². The van der Waals surface area contributed by atoms with Gasteiger partial charge in [0.2, 0.25) is 0 Å². The lowest BCUT2D eigenvalue weighted by Crippen LogP contribution is -2.37. The minimum Gasteiger partial charge on any atom is -0.481 e. The third-order valence-electron chi connectivity index (χ3n) is 3.89. The van der Waals surface area contributed by atoms with Crippen molar-refractivity contribution in [3.63, 3.8) is 0 Å². The summed E-state index contributed by atoms with van der Waals surface area (Å²) in [4.78, 5) is 10.7. The van der Waals surface area contributed by atoms with Crippen molar-refractivity contribution in [2.24, 2.45) is 0 Å². The first kappa shape index (κ1) is 17.7. The Labute approximate surface area is 128 Å². The Hall–Kier alpha value is -1.32. The summed E-state index contributed by atoms with van der Waals surface area (Å²) in [5.41, 5.74) is 0. The molecule has 0 saturated heterocycles. The summed E-state index contributed by atoms with van der Waals surface area (Å²) in [5.74, 6) is 0.662. The molecule has 120 valence electrons. The molecule has 0 aliphatic carbocycles. The number of hydrogen-bond donors (Lipinski definition) is 1. The number of aromatic nitrogens is 2. The molecule has 1 rings (SSSR count). The quantitative estimate of drug-likeness (QED) is 0.473. The van der Waals surface area contributed by atoms with E-state index in [4.69, 9.17) is 5.11 Å². The molecule has 0 saturated carbocycles. The van der Waals surface area contributed by atoms with Crippen molar-refractivity contribution < 1.29 is 14.5 Å². The number of carboxylic acid groups (broad SMARTS) is 1. The average Bonchev–Trinajstić information content (AvgIpc) is 2.83. The van der Waals surface area contributed by atoms with E-state index in [9.17, 15) is 4.79 Å². The zero-order valence-corrected chi connectivity index (χ0v) is 13.7. The molecule has 0 fully saturated rings. The Morgan fingerprint density at radius 3 is 2.57 bits per heavy atom. The summed E-state index contributed by atoms with van der Waals surface area (Å²) < 4.78 is 4.61. The molecule has 0 spiro atoms. The van der Waals surface area contributed by atoms with Gasteiger partial charge >= 0.3 is 5.97 Å². The largest absolute Gasteiger partial charge is 0.481 e. The molecule has 4 heteroatoms. The molecule has 0 aliphatic rings. The zero-order chi connectivity index (χ0) is 15.5. The first-order chi connectivity index (χ1) is 10.2. The fourth-order valence-electron chi connectivity index (χ4n) is 2.63. The highest BCUT2D eigenvalue weighted by atomic mass is 16.4. The summed E-state index contributed by atoms with van der Waals surface area (Å²) in [6, 6.07) is 0. The molecule has 0 unspecified atom stereocenters. The minimum atomic E-state index is -0.703. The van der Waals surface area contributed by atoms with Crippen LogP contribution in [0.3, 0.4) is 0 Å². The standard InChI is InChI=1S/C17H30N2O2/c1-3-5-7-8-10-16-18(12-6-4-2)14-15-19(16)13-9-11-17(20)21/h14-15H,3-13H2,1-2H3/p+1. The van der Waals surface area contributed by atoms with Gasteiger partial charge in [-0.05, 0) is 19.3 Å². The van der Waals surface area contributed by atoms with Crippen molar-refractivity contribution in [2.75, 3.05) is 0 Å². The SMILES string of the molecule is CCCCCCc1n(CCCC)cc[n+]1CCCC(=O)O. The molecular weight excluding hydrogens is 264 g/mol. The summed E-state index contributed by atoms with van der Waals surface area (Å²) in [6.07, 6.45) is 13.8. The highest BCUT2D eigenvalue weighted by Gasteiger charge is 2.16. The minimum absolute atomic E-state index is 0.252. The molecule has 0 bridgehead atoms. The Kier molecular flexibility index (Phi) is 8.79. The van der Waals surface area contributed by atoms with Crippen LogP contribution in [0.1, 0.15) is 71.0 Å². The molecule has 1 heterocycles. The monoisotopic (exact) mass is 295 g/mol. The van der Waals surface area contributed by atoms with Gasteiger partial charge in [-0.15, -0.1) is 0 Å². The molecule has 21 heavy (non-hydrogen) atoms. The van der Waals surface area contributed by atoms with Crippen LogP contribution >= 0.6 is 0 Å². The fourth-order valence-corrected chi connectivity index (χ4v) is 2.63. The van der Waals surface area contributed by atoms with E-state index in [1.54, 1.807) is 0 Å². The zero-order valence-electron chi connectivity index (χ0n) is 13.7. The number of hydrogen-bond acceptors (Lipinski definition) is 1. The van der Waals surface area contributed by atoms with E-state index in [0.717, 1.165) is 19.5 Å². The Balaban J connectivity index is 2.61. The first-order valence-corrected chi connectivity index (χ1v) is 8.48. The number of nitrogens with zero attached hydrogens (tertiary/aromatic N) is 2. The van der Waals surface area contributed by atoms with Gasteiger partial charge in [0.15, 0.2) is 0 Å². The van der Waals surface area contributed by atoms with Crippen LogP contribution in [0.15, 0.2) is 12.4 Å². The van der Waals surface area contributed by atoms with E-state index in [2.05, 4.69) is 35.4 Å². The fraction of sp³-hybridized carbons (Fsp3) is 0.765. The molecule has 1 aromatic rings. The second-order valence-electron chi connectivity index (χ2n) is 5.76. The molecule has 0 atom stereocenters. The smallest absolute Gasteiger partial charge is 0.303 e. The van der Waals surface area contributed by atoms with Gasteiger partial charge in [0, 0.05) is 12.8 Å². The van der Waals surface area contributed by atoms with Gasteiger partial charge in [-0.2, -0.15) is 0 Å². The van der Waals surface area contributed by atoms with Crippen LogP contribution in [0, 0.1) is 0 Å².